The molecule has 5 nitrogen and oxygen atoms in total. The van der Waals surface area contributed by atoms with E-state index in [4.69, 9.17) is 5.73 Å². The lowest BCUT2D eigenvalue weighted by Crippen LogP contribution is -2.33. The van der Waals surface area contributed by atoms with Gasteiger partial charge in [0.05, 0.1) is 0 Å². The van der Waals surface area contributed by atoms with Gasteiger partial charge in [-0.15, -0.1) is 10.2 Å². The summed E-state index contributed by atoms with van der Waals surface area (Å²) in [7, 11) is 2.08. The zero-order valence-corrected chi connectivity index (χ0v) is 10.6. The molecule has 3 N–H and O–H groups in total. The Bertz CT molecular complexity index is 492. The van der Waals surface area contributed by atoms with Crippen molar-refractivity contribution < 1.29 is 0 Å². The molecule has 1 aliphatic heterocycles. The number of aromatic nitrogens is 2. The van der Waals surface area contributed by atoms with Gasteiger partial charge in [0.2, 0.25) is 5.13 Å². The van der Waals surface area contributed by atoms with Gasteiger partial charge in [-0.25, -0.2) is 10.4 Å². The van der Waals surface area contributed by atoms with Crippen LogP contribution in [0.2, 0.25) is 0 Å². The Morgan fingerprint density at radius 3 is 3.00 bits per heavy atom. The average molecular weight is 249 g/mol. The van der Waals surface area contributed by atoms with Gasteiger partial charge >= 0.3 is 0 Å². The zero-order valence-electron chi connectivity index (χ0n) is 9.79. The second-order valence-electron chi connectivity index (χ2n) is 4.51. The molecule has 0 saturated carbocycles. The molecule has 3 unspecified atom stereocenters. The van der Waals surface area contributed by atoms with Crippen molar-refractivity contribution in [2.75, 3.05) is 12.8 Å². The van der Waals surface area contributed by atoms with Crippen molar-refractivity contribution in [2.45, 2.75) is 19.0 Å². The minimum Gasteiger partial charge on any atom is -0.374 e. The van der Waals surface area contributed by atoms with Gasteiger partial charge in [-0.05, 0) is 6.92 Å². The van der Waals surface area contributed by atoms with Crippen LogP contribution in [0.4, 0.5) is 5.13 Å². The Hall–Kier alpha value is -1.24. The Kier molecular flexibility index (Phi) is 2.50. The Morgan fingerprint density at radius 2 is 2.29 bits per heavy atom. The first kappa shape index (κ1) is 10.9. The van der Waals surface area contributed by atoms with Crippen LogP contribution in [0.5, 0.6) is 0 Å². The third-order valence-corrected chi connectivity index (χ3v) is 4.28. The normalized spacial score (nSPS) is 32.6. The maximum absolute atomic E-state index is 5.61. The molecular formula is C11H15N5S. The highest BCUT2D eigenvalue weighted by atomic mass is 32.1. The number of anilines is 1. The summed E-state index contributed by atoms with van der Waals surface area (Å²) in [5.41, 5.74) is 10.2. The number of nitrogens with zero attached hydrogens (tertiary/aromatic N) is 3. The molecule has 6 heteroatoms. The van der Waals surface area contributed by atoms with Crippen molar-refractivity contribution in [2.24, 2.45) is 5.92 Å². The molecule has 0 radical (unpaired) electrons. The summed E-state index contributed by atoms with van der Waals surface area (Å²) in [5, 5.41) is 11.5. The van der Waals surface area contributed by atoms with Crippen molar-refractivity contribution in [3.8, 4) is 0 Å². The van der Waals surface area contributed by atoms with Crippen molar-refractivity contribution in [3.63, 3.8) is 0 Å². The highest BCUT2D eigenvalue weighted by Crippen LogP contribution is 2.32. The largest absolute Gasteiger partial charge is 0.374 e. The van der Waals surface area contributed by atoms with E-state index in [0.29, 0.717) is 23.1 Å². The number of allylic oxidation sites excluding steroid dienone is 2. The zero-order chi connectivity index (χ0) is 12.0. The lowest BCUT2D eigenvalue weighted by molar-refractivity contribution is 0.238. The summed E-state index contributed by atoms with van der Waals surface area (Å²) < 4.78 is 0. The molecule has 90 valence electrons. The molecule has 1 aromatic rings. The number of nitrogen functional groups attached to an aromatic ring is 1. The van der Waals surface area contributed by atoms with E-state index in [-0.39, 0.29) is 0 Å². The Labute approximate surface area is 104 Å². The van der Waals surface area contributed by atoms with E-state index in [0.717, 1.165) is 10.6 Å². The number of fused-ring (bicyclic) bond motifs is 1. The number of hydrazine groups is 1. The van der Waals surface area contributed by atoms with Gasteiger partial charge in [-0.1, -0.05) is 29.6 Å². The van der Waals surface area contributed by atoms with E-state index in [1.165, 1.54) is 11.3 Å². The predicted molar refractivity (Wildman–Crippen MR) is 69.1 cm³/mol. The molecule has 3 atom stereocenters. The highest BCUT2D eigenvalue weighted by Gasteiger charge is 2.36. The van der Waals surface area contributed by atoms with Crippen LogP contribution in [0.3, 0.4) is 0 Å². The predicted octanol–water partition coefficient (Wildman–Crippen LogP) is 0.897. The monoisotopic (exact) mass is 249 g/mol. The van der Waals surface area contributed by atoms with E-state index in [1.807, 2.05) is 0 Å². The summed E-state index contributed by atoms with van der Waals surface area (Å²) in [6.45, 7) is 2.22. The van der Waals surface area contributed by atoms with E-state index < -0.39 is 0 Å². The van der Waals surface area contributed by atoms with Crippen LogP contribution >= 0.6 is 11.3 Å². The van der Waals surface area contributed by atoms with Gasteiger partial charge < -0.3 is 5.73 Å². The molecular weight excluding hydrogens is 234 g/mol. The summed E-state index contributed by atoms with van der Waals surface area (Å²) in [6.07, 6.45) is 6.56. The summed E-state index contributed by atoms with van der Waals surface area (Å²) >= 11 is 1.43. The molecule has 17 heavy (non-hydrogen) atoms. The van der Waals surface area contributed by atoms with Crippen LogP contribution in [0.15, 0.2) is 18.2 Å². The van der Waals surface area contributed by atoms with Crippen LogP contribution in [0.25, 0.3) is 5.57 Å². The number of nitrogens with one attached hydrogen (secondary N) is 1. The van der Waals surface area contributed by atoms with Gasteiger partial charge in [0.25, 0.3) is 0 Å². The minimum absolute atomic E-state index is 0.393. The maximum atomic E-state index is 5.61. The summed E-state index contributed by atoms with van der Waals surface area (Å²) in [4.78, 5) is 0. The number of nitrogens with two attached hydrogens (primary N) is 1. The van der Waals surface area contributed by atoms with Crippen molar-refractivity contribution in [3.05, 3.63) is 23.2 Å². The molecule has 0 amide bonds. The Balaban J connectivity index is 1.92. The van der Waals surface area contributed by atoms with E-state index in [2.05, 4.69) is 52.8 Å². The SMILES string of the molecule is CC1C2C=C(c3nnc(N)s3)C=CC2NN1C. The van der Waals surface area contributed by atoms with Crippen molar-refractivity contribution in [1.29, 1.82) is 0 Å². The van der Waals surface area contributed by atoms with E-state index in [1.54, 1.807) is 0 Å². The third kappa shape index (κ3) is 1.78. The lowest BCUT2D eigenvalue weighted by atomic mass is 9.88. The molecule has 2 heterocycles. The topological polar surface area (TPSA) is 67.1 Å². The van der Waals surface area contributed by atoms with Gasteiger partial charge in [0.1, 0.15) is 5.01 Å². The fraction of sp³-hybridized carbons (Fsp3) is 0.455. The number of hydrogen-bond donors (Lipinski definition) is 2. The quantitative estimate of drug-likeness (QED) is 0.774. The molecule has 0 aromatic carbocycles. The molecule has 1 saturated heterocycles. The van der Waals surface area contributed by atoms with Crippen LogP contribution in [0, 0.1) is 5.92 Å². The molecule has 0 spiro atoms. The smallest absolute Gasteiger partial charge is 0.203 e. The first-order valence-electron chi connectivity index (χ1n) is 5.63. The fourth-order valence-electron chi connectivity index (χ4n) is 2.38. The lowest BCUT2D eigenvalue weighted by Gasteiger charge is -2.19. The van der Waals surface area contributed by atoms with E-state index in [9.17, 15) is 0 Å². The third-order valence-electron chi connectivity index (χ3n) is 3.48. The first-order chi connectivity index (χ1) is 8.15. The van der Waals surface area contributed by atoms with E-state index >= 15 is 0 Å². The molecule has 3 rings (SSSR count). The summed E-state index contributed by atoms with van der Waals surface area (Å²) in [5.74, 6) is 0.477. The maximum Gasteiger partial charge on any atom is 0.203 e. The van der Waals surface area contributed by atoms with Crippen LogP contribution in [-0.2, 0) is 0 Å². The van der Waals surface area contributed by atoms with Gasteiger partial charge in [-0.2, -0.15) is 0 Å². The molecule has 0 bridgehead atoms. The molecule has 2 aliphatic rings. The molecule has 1 fully saturated rings. The minimum atomic E-state index is 0.393. The van der Waals surface area contributed by atoms with Gasteiger partial charge in [0, 0.05) is 30.6 Å². The van der Waals surface area contributed by atoms with Gasteiger partial charge in [0.15, 0.2) is 0 Å². The van der Waals surface area contributed by atoms with Crippen LogP contribution in [-0.4, -0.2) is 34.3 Å². The number of rotatable bonds is 1. The molecule has 1 aromatic heterocycles. The second-order valence-corrected chi connectivity index (χ2v) is 5.52. The van der Waals surface area contributed by atoms with Crippen molar-refractivity contribution in [1.82, 2.24) is 20.6 Å². The molecule has 1 aliphatic carbocycles. The van der Waals surface area contributed by atoms with Gasteiger partial charge in [-0.3, -0.25) is 0 Å². The van der Waals surface area contributed by atoms with Crippen molar-refractivity contribution >= 4 is 22.0 Å². The first-order valence-corrected chi connectivity index (χ1v) is 6.45. The standard InChI is InChI=1S/C11H15N5S/c1-6-8-5-7(10-13-14-11(12)17-10)3-4-9(8)15-16(6)2/h3-6,8-9,15H,1-2H3,(H2,12,14). The summed E-state index contributed by atoms with van der Waals surface area (Å²) in [6, 6.07) is 0.870. The van der Waals surface area contributed by atoms with Crippen LogP contribution in [0.1, 0.15) is 11.9 Å². The fourth-order valence-corrected chi connectivity index (χ4v) is 2.99. The van der Waals surface area contributed by atoms with Crippen LogP contribution < -0.4 is 11.2 Å². The average Bonchev–Trinajstić information content (AvgIpc) is 2.85. The second kappa shape index (κ2) is 3.90. The Morgan fingerprint density at radius 1 is 1.47 bits per heavy atom. The number of hydrogen-bond acceptors (Lipinski definition) is 6. The highest BCUT2D eigenvalue weighted by molar-refractivity contribution is 7.16.